The fraction of sp³-hybridized carbons (Fsp3) is 0.308. The van der Waals surface area contributed by atoms with Gasteiger partial charge in [-0.25, -0.2) is 4.98 Å². The number of carbonyl (C=O) groups excluding carboxylic acids is 1. The van der Waals surface area contributed by atoms with Crippen molar-refractivity contribution in [3.8, 4) is 5.75 Å². The number of nitrogens with two attached hydrogens (primary N) is 1. The van der Waals surface area contributed by atoms with Gasteiger partial charge < -0.3 is 10.5 Å². The van der Waals surface area contributed by atoms with E-state index in [0.717, 1.165) is 6.42 Å². The number of aromatic nitrogens is 2. The summed E-state index contributed by atoms with van der Waals surface area (Å²) in [5.74, 6) is 0.574. The number of rotatable bonds is 6. The van der Waals surface area contributed by atoms with E-state index in [1.807, 2.05) is 6.92 Å². The average Bonchev–Trinajstić information content (AvgIpc) is 2.82. The molecule has 0 radical (unpaired) electrons. The van der Waals surface area contributed by atoms with Gasteiger partial charge in [-0.1, -0.05) is 6.92 Å². The topological polar surface area (TPSA) is 78.1 Å². The minimum atomic E-state index is -0.0419. The van der Waals surface area contributed by atoms with Gasteiger partial charge in [0.2, 0.25) is 0 Å². The number of nitrogen functional groups attached to an aromatic ring is 1. The summed E-state index contributed by atoms with van der Waals surface area (Å²) in [5, 5.41) is 2.26. The molecule has 5 nitrogen and oxygen atoms in total. The van der Waals surface area contributed by atoms with Crippen LogP contribution in [-0.2, 0) is 6.42 Å². The molecule has 0 saturated carbocycles. The van der Waals surface area contributed by atoms with Crippen molar-refractivity contribution >= 4 is 22.3 Å². The van der Waals surface area contributed by atoms with E-state index in [-0.39, 0.29) is 12.2 Å². The van der Waals surface area contributed by atoms with Crippen LogP contribution in [0.1, 0.15) is 29.4 Å². The third-order valence-electron chi connectivity index (χ3n) is 2.42. The van der Waals surface area contributed by atoms with Crippen molar-refractivity contribution in [3.05, 3.63) is 35.1 Å². The summed E-state index contributed by atoms with van der Waals surface area (Å²) in [5.41, 5.74) is 6.75. The minimum Gasteiger partial charge on any atom is -0.492 e. The number of carbonyl (C=O) groups is 1. The Hall–Kier alpha value is -1.95. The van der Waals surface area contributed by atoms with E-state index >= 15 is 0 Å². The van der Waals surface area contributed by atoms with Crippen molar-refractivity contribution in [1.82, 2.24) is 9.97 Å². The Labute approximate surface area is 115 Å². The summed E-state index contributed by atoms with van der Waals surface area (Å²) in [6.07, 6.45) is 4.28. The summed E-state index contributed by atoms with van der Waals surface area (Å²) in [6, 6.07) is 1.71. The number of anilines is 1. The summed E-state index contributed by atoms with van der Waals surface area (Å²) in [6.45, 7) is 2.64. The molecule has 0 bridgehead atoms. The molecule has 2 aromatic heterocycles. The molecule has 0 atom stereocenters. The molecule has 2 N–H and O–H groups in total. The largest absolute Gasteiger partial charge is 0.492 e. The molecule has 19 heavy (non-hydrogen) atoms. The number of hydrogen-bond donors (Lipinski definition) is 1. The molecule has 0 unspecified atom stereocenters. The fourth-order valence-electron chi connectivity index (χ4n) is 1.54. The van der Waals surface area contributed by atoms with E-state index in [1.165, 1.54) is 17.5 Å². The zero-order valence-electron chi connectivity index (χ0n) is 10.6. The predicted molar refractivity (Wildman–Crippen MR) is 74.6 cm³/mol. The lowest BCUT2D eigenvalue weighted by Crippen LogP contribution is -2.05. The second kappa shape index (κ2) is 6.29. The number of nitrogens with zero attached hydrogens (tertiary/aromatic N) is 2. The number of Topliss-reactive ketones (excluding diaryl/α,β-unsaturated/α-hetero) is 1. The highest BCUT2D eigenvalue weighted by Crippen LogP contribution is 2.16. The number of pyridine rings is 1. The number of ketones is 1. The number of ether oxygens (including phenoxy) is 1. The molecular weight excluding hydrogens is 262 g/mol. The summed E-state index contributed by atoms with van der Waals surface area (Å²) < 4.78 is 5.45. The van der Waals surface area contributed by atoms with Gasteiger partial charge in [-0.05, 0) is 12.5 Å². The fourth-order valence-corrected chi connectivity index (χ4v) is 2.10. The Bertz CT molecular complexity index is 569. The van der Waals surface area contributed by atoms with Gasteiger partial charge in [0.05, 0.1) is 24.9 Å². The van der Waals surface area contributed by atoms with Crippen LogP contribution >= 0.6 is 11.3 Å². The van der Waals surface area contributed by atoms with E-state index in [1.54, 1.807) is 17.6 Å². The summed E-state index contributed by atoms with van der Waals surface area (Å²) in [4.78, 5) is 20.2. The van der Waals surface area contributed by atoms with Crippen molar-refractivity contribution in [3.63, 3.8) is 0 Å². The molecule has 0 fully saturated rings. The average molecular weight is 277 g/mol. The lowest BCUT2D eigenvalue weighted by atomic mass is 10.1. The highest BCUT2D eigenvalue weighted by molar-refractivity contribution is 7.13. The first-order valence-corrected chi connectivity index (χ1v) is 6.88. The molecule has 2 rings (SSSR count). The molecule has 2 aromatic rings. The van der Waals surface area contributed by atoms with Crippen LogP contribution in [-0.4, -0.2) is 22.4 Å². The maximum absolute atomic E-state index is 12.1. The van der Waals surface area contributed by atoms with E-state index in [2.05, 4.69) is 9.97 Å². The predicted octanol–water partition coefficient (Wildman–Crippen LogP) is 2.33. The van der Waals surface area contributed by atoms with E-state index in [4.69, 9.17) is 10.5 Å². The first-order chi connectivity index (χ1) is 9.19. The van der Waals surface area contributed by atoms with Crippen LogP contribution < -0.4 is 10.5 Å². The van der Waals surface area contributed by atoms with E-state index in [0.29, 0.717) is 28.7 Å². The maximum Gasteiger partial charge on any atom is 0.180 e. The van der Waals surface area contributed by atoms with Crippen LogP contribution in [0.5, 0.6) is 5.75 Å². The van der Waals surface area contributed by atoms with Crippen molar-refractivity contribution in [2.75, 3.05) is 12.3 Å². The van der Waals surface area contributed by atoms with Gasteiger partial charge >= 0.3 is 0 Å². The Morgan fingerprint density at radius 2 is 2.32 bits per heavy atom. The van der Waals surface area contributed by atoms with Gasteiger partial charge in [-0.3, -0.25) is 9.78 Å². The molecule has 2 heterocycles. The highest BCUT2D eigenvalue weighted by atomic mass is 32.1. The Morgan fingerprint density at radius 3 is 3.00 bits per heavy atom. The molecule has 0 amide bonds. The van der Waals surface area contributed by atoms with E-state index < -0.39 is 0 Å². The SMILES string of the molecule is CCCOc1cncc(C(=O)Cc2csc(N)n2)c1. The van der Waals surface area contributed by atoms with Crippen LogP contribution in [0.3, 0.4) is 0 Å². The zero-order chi connectivity index (χ0) is 13.7. The van der Waals surface area contributed by atoms with Crippen LogP contribution in [0.2, 0.25) is 0 Å². The van der Waals surface area contributed by atoms with Crippen LogP contribution in [0.15, 0.2) is 23.8 Å². The first kappa shape index (κ1) is 13.5. The minimum absolute atomic E-state index is 0.0419. The van der Waals surface area contributed by atoms with Crippen LogP contribution in [0.25, 0.3) is 0 Å². The molecule has 6 heteroatoms. The lowest BCUT2D eigenvalue weighted by Gasteiger charge is -2.05. The van der Waals surface area contributed by atoms with Crippen molar-refractivity contribution in [2.45, 2.75) is 19.8 Å². The summed E-state index contributed by atoms with van der Waals surface area (Å²) in [7, 11) is 0. The number of thiazole rings is 1. The van der Waals surface area contributed by atoms with Gasteiger partial charge in [0.1, 0.15) is 5.75 Å². The van der Waals surface area contributed by atoms with E-state index in [9.17, 15) is 4.79 Å². The monoisotopic (exact) mass is 277 g/mol. The van der Waals surface area contributed by atoms with Gasteiger partial charge in [-0.2, -0.15) is 0 Å². The Kier molecular flexibility index (Phi) is 4.46. The molecule has 100 valence electrons. The van der Waals surface area contributed by atoms with Crippen LogP contribution in [0, 0.1) is 0 Å². The normalized spacial score (nSPS) is 10.4. The first-order valence-electron chi connectivity index (χ1n) is 6.00. The third kappa shape index (κ3) is 3.75. The maximum atomic E-state index is 12.1. The van der Waals surface area contributed by atoms with Crippen molar-refractivity contribution in [2.24, 2.45) is 0 Å². The smallest absolute Gasteiger partial charge is 0.180 e. The van der Waals surface area contributed by atoms with Gasteiger partial charge in [0.25, 0.3) is 0 Å². The molecule has 0 saturated heterocycles. The Morgan fingerprint density at radius 1 is 1.47 bits per heavy atom. The quantitative estimate of drug-likeness (QED) is 0.820. The zero-order valence-corrected chi connectivity index (χ0v) is 11.4. The third-order valence-corrected chi connectivity index (χ3v) is 3.14. The molecule has 0 aliphatic heterocycles. The van der Waals surface area contributed by atoms with Gasteiger partial charge in [0, 0.05) is 17.1 Å². The highest BCUT2D eigenvalue weighted by Gasteiger charge is 2.11. The summed E-state index contributed by atoms with van der Waals surface area (Å²) >= 11 is 1.33. The van der Waals surface area contributed by atoms with Crippen LogP contribution in [0.4, 0.5) is 5.13 Å². The second-order valence-electron chi connectivity index (χ2n) is 4.03. The second-order valence-corrected chi connectivity index (χ2v) is 4.92. The molecule has 0 aliphatic carbocycles. The molecule has 0 spiro atoms. The Balaban J connectivity index is 2.06. The van der Waals surface area contributed by atoms with Gasteiger partial charge in [-0.15, -0.1) is 11.3 Å². The van der Waals surface area contributed by atoms with Gasteiger partial charge in [0.15, 0.2) is 10.9 Å². The number of hydrogen-bond acceptors (Lipinski definition) is 6. The standard InChI is InChI=1S/C13H15N3O2S/c1-2-3-18-11-4-9(6-15-7-11)12(17)5-10-8-19-13(14)16-10/h4,6-8H,2-3,5H2,1H3,(H2,14,16). The van der Waals surface area contributed by atoms with Crippen molar-refractivity contribution in [1.29, 1.82) is 0 Å². The molecular formula is C13H15N3O2S. The van der Waals surface area contributed by atoms with Crippen molar-refractivity contribution < 1.29 is 9.53 Å². The molecule has 0 aliphatic rings. The molecule has 0 aromatic carbocycles. The lowest BCUT2D eigenvalue weighted by molar-refractivity contribution is 0.0991.